The number of hydrogen-bond acceptors (Lipinski definition) is 6. The van der Waals surface area contributed by atoms with Gasteiger partial charge in [0.05, 0.1) is 12.4 Å². The van der Waals surface area contributed by atoms with Crippen molar-refractivity contribution < 1.29 is 9.90 Å². The molecule has 1 N–H and O–H groups in total. The first-order valence-electron chi connectivity index (χ1n) is 4.08. The number of nitriles is 1. The Morgan fingerprint density at radius 2 is 2.19 bits per heavy atom. The quantitative estimate of drug-likeness (QED) is 0.727. The van der Waals surface area contributed by atoms with E-state index in [1.165, 1.54) is 17.2 Å². The van der Waals surface area contributed by atoms with Crippen LogP contribution in [0.5, 0.6) is 0 Å². The number of aromatic nitrogens is 5. The van der Waals surface area contributed by atoms with E-state index < -0.39 is 5.97 Å². The molecule has 2 aromatic rings. The molecule has 2 aromatic heterocycles. The van der Waals surface area contributed by atoms with Crippen molar-refractivity contribution in [1.82, 2.24) is 24.7 Å². The van der Waals surface area contributed by atoms with Crippen LogP contribution in [0.1, 0.15) is 16.3 Å². The van der Waals surface area contributed by atoms with Gasteiger partial charge in [0, 0.05) is 0 Å². The van der Waals surface area contributed by atoms with Crippen LogP contribution < -0.4 is 0 Å². The molecular formula is C8H4N6O2. The number of rotatable bonds is 2. The van der Waals surface area contributed by atoms with Crippen molar-refractivity contribution >= 4 is 5.97 Å². The van der Waals surface area contributed by atoms with E-state index >= 15 is 0 Å². The van der Waals surface area contributed by atoms with E-state index in [1.807, 2.05) is 0 Å². The highest BCUT2D eigenvalue weighted by molar-refractivity contribution is 5.84. The van der Waals surface area contributed by atoms with Crippen LogP contribution in [0.15, 0.2) is 18.7 Å². The normalized spacial score (nSPS) is 9.69. The van der Waals surface area contributed by atoms with E-state index in [9.17, 15) is 4.79 Å². The summed E-state index contributed by atoms with van der Waals surface area (Å²) >= 11 is 0. The first-order valence-corrected chi connectivity index (χ1v) is 4.08. The van der Waals surface area contributed by atoms with Gasteiger partial charge in [0.15, 0.2) is 11.5 Å². The lowest BCUT2D eigenvalue weighted by molar-refractivity contribution is 0.0690. The molecule has 78 valence electrons. The molecule has 0 atom stereocenters. The Bertz CT molecular complexity index is 567. The molecule has 0 aliphatic carbocycles. The smallest absolute Gasteiger partial charge is 0.356 e. The summed E-state index contributed by atoms with van der Waals surface area (Å²) < 4.78 is 1.23. The summed E-state index contributed by atoms with van der Waals surface area (Å²) in [7, 11) is 0. The van der Waals surface area contributed by atoms with Gasteiger partial charge in [0.2, 0.25) is 0 Å². The van der Waals surface area contributed by atoms with Gasteiger partial charge in [-0.15, -0.1) is 5.10 Å². The molecule has 0 unspecified atom stereocenters. The summed E-state index contributed by atoms with van der Waals surface area (Å²) in [6, 6.07) is 1.76. The van der Waals surface area contributed by atoms with Crippen molar-refractivity contribution in [3.63, 3.8) is 0 Å². The minimum absolute atomic E-state index is 0.00381. The van der Waals surface area contributed by atoms with Gasteiger partial charge in [-0.05, 0) is 0 Å². The summed E-state index contributed by atoms with van der Waals surface area (Å²) in [6.07, 6.45) is 3.63. The molecule has 16 heavy (non-hydrogen) atoms. The molecule has 8 heteroatoms. The minimum atomic E-state index is -1.16. The van der Waals surface area contributed by atoms with Gasteiger partial charge in [-0.1, -0.05) is 0 Å². The SMILES string of the molecule is N#Cc1ncn(-c2cnc(C(=O)O)cn2)n1. The Kier molecular flexibility index (Phi) is 2.27. The second-order valence-corrected chi connectivity index (χ2v) is 2.69. The fourth-order valence-corrected chi connectivity index (χ4v) is 0.975. The van der Waals surface area contributed by atoms with Gasteiger partial charge < -0.3 is 5.11 Å². The van der Waals surface area contributed by atoms with E-state index in [2.05, 4.69) is 20.1 Å². The van der Waals surface area contributed by atoms with Crippen LogP contribution in [0.4, 0.5) is 0 Å². The Morgan fingerprint density at radius 3 is 2.69 bits per heavy atom. The molecule has 0 aliphatic heterocycles. The number of nitrogens with zero attached hydrogens (tertiary/aromatic N) is 6. The lowest BCUT2D eigenvalue weighted by Gasteiger charge is -1.97. The van der Waals surface area contributed by atoms with Crippen LogP contribution in [0, 0.1) is 11.3 Å². The molecule has 0 bridgehead atoms. The third kappa shape index (κ3) is 1.69. The molecule has 0 saturated carbocycles. The zero-order chi connectivity index (χ0) is 11.5. The number of hydrogen-bond donors (Lipinski definition) is 1. The summed E-state index contributed by atoms with van der Waals surface area (Å²) in [4.78, 5) is 21.7. The van der Waals surface area contributed by atoms with Crippen molar-refractivity contribution in [2.75, 3.05) is 0 Å². The third-order valence-corrected chi connectivity index (χ3v) is 1.68. The highest BCUT2D eigenvalue weighted by Crippen LogP contribution is 2.01. The summed E-state index contributed by atoms with van der Waals surface area (Å²) in [6.45, 7) is 0. The van der Waals surface area contributed by atoms with E-state index in [1.54, 1.807) is 6.07 Å². The van der Waals surface area contributed by atoms with Crippen molar-refractivity contribution in [3.05, 3.63) is 30.2 Å². The third-order valence-electron chi connectivity index (χ3n) is 1.68. The number of carboxylic acids is 1. The van der Waals surface area contributed by atoms with Crippen molar-refractivity contribution in [1.29, 1.82) is 5.26 Å². The van der Waals surface area contributed by atoms with Gasteiger partial charge in [0.25, 0.3) is 5.82 Å². The zero-order valence-corrected chi connectivity index (χ0v) is 7.77. The molecule has 2 heterocycles. The highest BCUT2D eigenvalue weighted by atomic mass is 16.4. The van der Waals surface area contributed by atoms with Crippen LogP contribution in [0.3, 0.4) is 0 Å². The van der Waals surface area contributed by atoms with Gasteiger partial charge in [-0.25, -0.2) is 19.7 Å². The Hall–Kier alpha value is -2.82. The van der Waals surface area contributed by atoms with Gasteiger partial charge >= 0.3 is 5.97 Å². The van der Waals surface area contributed by atoms with E-state index in [-0.39, 0.29) is 11.5 Å². The van der Waals surface area contributed by atoms with Crippen LogP contribution in [-0.2, 0) is 0 Å². The molecule has 8 nitrogen and oxygen atoms in total. The second-order valence-electron chi connectivity index (χ2n) is 2.69. The largest absolute Gasteiger partial charge is 0.476 e. The molecule has 0 aromatic carbocycles. The van der Waals surface area contributed by atoms with Crippen molar-refractivity contribution in [2.24, 2.45) is 0 Å². The number of carbonyl (C=O) groups is 1. The Morgan fingerprint density at radius 1 is 1.38 bits per heavy atom. The molecule has 0 fully saturated rings. The fourth-order valence-electron chi connectivity index (χ4n) is 0.975. The Labute approximate surface area is 88.8 Å². The average molecular weight is 216 g/mol. The van der Waals surface area contributed by atoms with Crippen molar-refractivity contribution in [2.45, 2.75) is 0 Å². The van der Waals surface area contributed by atoms with Crippen LogP contribution in [0.25, 0.3) is 5.82 Å². The maximum Gasteiger partial charge on any atom is 0.356 e. The number of aromatic carboxylic acids is 1. The predicted octanol–water partition coefficient (Wildman–Crippen LogP) is -0.373. The van der Waals surface area contributed by atoms with Crippen molar-refractivity contribution in [3.8, 4) is 11.9 Å². The predicted molar refractivity (Wildman–Crippen MR) is 48.6 cm³/mol. The molecule has 0 amide bonds. The molecular weight excluding hydrogens is 212 g/mol. The first kappa shape index (κ1) is 9.72. The molecule has 0 spiro atoms. The summed E-state index contributed by atoms with van der Waals surface area (Å²) in [5.41, 5.74) is -0.163. The lowest BCUT2D eigenvalue weighted by atomic mass is 10.4. The van der Waals surface area contributed by atoms with E-state index in [0.29, 0.717) is 5.82 Å². The van der Waals surface area contributed by atoms with E-state index in [4.69, 9.17) is 10.4 Å². The Balaban J connectivity index is 2.35. The molecule has 0 aliphatic rings. The molecule has 0 radical (unpaired) electrons. The lowest BCUT2D eigenvalue weighted by Crippen LogP contribution is -2.05. The van der Waals surface area contributed by atoms with Crippen LogP contribution in [0.2, 0.25) is 0 Å². The topological polar surface area (TPSA) is 118 Å². The maximum atomic E-state index is 10.5. The zero-order valence-electron chi connectivity index (χ0n) is 7.77. The molecule has 2 rings (SSSR count). The number of carboxylic acid groups (broad SMARTS) is 1. The van der Waals surface area contributed by atoms with Crippen LogP contribution in [-0.4, -0.2) is 35.8 Å². The summed E-state index contributed by atoms with van der Waals surface area (Å²) in [5.74, 6) is -0.863. The maximum absolute atomic E-state index is 10.5. The van der Waals surface area contributed by atoms with Gasteiger partial charge in [-0.3, -0.25) is 0 Å². The fraction of sp³-hybridized carbons (Fsp3) is 0. The standard InChI is InChI=1S/C8H4N6O2/c9-1-6-12-4-14(13-6)7-3-10-5(2-11-7)8(15)16/h2-4H,(H,15,16). The first-order chi connectivity index (χ1) is 7.70. The van der Waals surface area contributed by atoms with Gasteiger partial charge in [0.1, 0.15) is 12.4 Å². The van der Waals surface area contributed by atoms with Gasteiger partial charge in [-0.2, -0.15) is 9.94 Å². The summed E-state index contributed by atoms with van der Waals surface area (Å²) in [5, 5.41) is 20.9. The monoisotopic (exact) mass is 216 g/mol. The van der Waals surface area contributed by atoms with Crippen LogP contribution >= 0.6 is 0 Å². The minimum Gasteiger partial charge on any atom is -0.476 e. The molecule has 0 saturated heterocycles. The highest BCUT2D eigenvalue weighted by Gasteiger charge is 2.07. The average Bonchev–Trinajstić information content (AvgIpc) is 2.77. The van der Waals surface area contributed by atoms with E-state index in [0.717, 1.165) is 6.20 Å². The second kappa shape index (κ2) is 3.74.